The molecular formula is C17H27N3O. The van der Waals surface area contributed by atoms with Crippen molar-refractivity contribution in [3.63, 3.8) is 0 Å². The average molecular weight is 289 g/mol. The number of oxime groups is 1. The molecule has 3 N–H and O–H groups in total. The molecule has 0 spiro atoms. The number of amidine groups is 1. The first-order chi connectivity index (χ1) is 10.3. The second kappa shape index (κ2) is 8.67. The van der Waals surface area contributed by atoms with E-state index >= 15 is 0 Å². The summed E-state index contributed by atoms with van der Waals surface area (Å²) in [5, 5.41) is 11.9. The molecule has 0 aromatic heterocycles. The largest absolute Gasteiger partial charge is 0.409 e. The fourth-order valence-electron chi connectivity index (χ4n) is 3.19. The van der Waals surface area contributed by atoms with Crippen molar-refractivity contribution in [1.82, 2.24) is 4.90 Å². The molecule has 0 atom stereocenters. The number of benzene rings is 1. The maximum Gasteiger partial charge on any atom is 0.153 e. The van der Waals surface area contributed by atoms with Crippen LogP contribution in [-0.4, -0.2) is 35.1 Å². The third-order valence-electron chi connectivity index (χ3n) is 4.34. The fourth-order valence-corrected chi connectivity index (χ4v) is 3.19. The summed E-state index contributed by atoms with van der Waals surface area (Å²) in [5.74, 6) is 0.324. The Morgan fingerprint density at radius 3 is 2.57 bits per heavy atom. The molecule has 4 nitrogen and oxygen atoms in total. The third-order valence-corrected chi connectivity index (χ3v) is 4.34. The van der Waals surface area contributed by atoms with Gasteiger partial charge >= 0.3 is 0 Å². The number of aryl methyl sites for hydroxylation is 1. The smallest absolute Gasteiger partial charge is 0.153 e. The minimum atomic E-state index is 0.324. The molecule has 1 fully saturated rings. The molecule has 0 aliphatic heterocycles. The number of nitrogens with two attached hydrogens (primary N) is 1. The Kier molecular flexibility index (Phi) is 6.54. The first-order valence-corrected chi connectivity index (χ1v) is 8.04. The van der Waals surface area contributed by atoms with Crippen molar-refractivity contribution in [2.75, 3.05) is 13.1 Å². The van der Waals surface area contributed by atoms with E-state index < -0.39 is 0 Å². The maximum absolute atomic E-state index is 8.78. The SMILES string of the molecule is N/C(CN(CCCCc1ccccc1)C1CCCC1)=N/O. The van der Waals surface area contributed by atoms with Gasteiger partial charge in [-0.25, -0.2) is 0 Å². The van der Waals surface area contributed by atoms with Gasteiger partial charge in [-0.05, 0) is 44.2 Å². The summed E-state index contributed by atoms with van der Waals surface area (Å²) in [6.07, 6.45) is 8.58. The lowest BCUT2D eigenvalue weighted by molar-refractivity contribution is 0.218. The number of hydrogen-bond donors (Lipinski definition) is 2. The highest BCUT2D eigenvalue weighted by molar-refractivity contribution is 5.81. The van der Waals surface area contributed by atoms with Gasteiger partial charge in [0.2, 0.25) is 0 Å². The molecule has 1 aromatic carbocycles. The summed E-state index contributed by atoms with van der Waals surface area (Å²) in [6.45, 7) is 1.63. The molecule has 1 aliphatic carbocycles. The van der Waals surface area contributed by atoms with Gasteiger partial charge in [-0.1, -0.05) is 48.3 Å². The topological polar surface area (TPSA) is 61.8 Å². The average Bonchev–Trinajstić information content (AvgIpc) is 3.05. The summed E-state index contributed by atoms with van der Waals surface area (Å²) < 4.78 is 0. The van der Waals surface area contributed by atoms with E-state index in [1.54, 1.807) is 0 Å². The number of unbranched alkanes of at least 4 members (excludes halogenated alkanes) is 1. The van der Waals surface area contributed by atoms with Crippen molar-refractivity contribution in [3.05, 3.63) is 35.9 Å². The number of nitrogens with zero attached hydrogens (tertiary/aromatic N) is 2. The lowest BCUT2D eigenvalue weighted by atomic mass is 10.1. The van der Waals surface area contributed by atoms with Crippen molar-refractivity contribution < 1.29 is 5.21 Å². The van der Waals surface area contributed by atoms with Crippen LogP contribution in [0.5, 0.6) is 0 Å². The van der Waals surface area contributed by atoms with Crippen LogP contribution in [0.15, 0.2) is 35.5 Å². The normalized spacial score (nSPS) is 16.7. The number of rotatable bonds is 8. The minimum absolute atomic E-state index is 0.324. The van der Waals surface area contributed by atoms with E-state index in [1.807, 2.05) is 0 Å². The van der Waals surface area contributed by atoms with E-state index in [-0.39, 0.29) is 0 Å². The van der Waals surface area contributed by atoms with E-state index in [2.05, 4.69) is 40.4 Å². The van der Waals surface area contributed by atoms with Crippen LogP contribution in [-0.2, 0) is 6.42 Å². The molecule has 2 rings (SSSR count). The molecule has 0 radical (unpaired) electrons. The Labute approximate surface area is 127 Å². The molecule has 0 amide bonds. The third kappa shape index (κ3) is 5.38. The molecular weight excluding hydrogens is 262 g/mol. The van der Waals surface area contributed by atoms with Gasteiger partial charge in [0.15, 0.2) is 5.84 Å². The molecule has 0 bridgehead atoms. The van der Waals surface area contributed by atoms with E-state index in [4.69, 9.17) is 10.9 Å². The van der Waals surface area contributed by atoms with Gasteiger partial charge in [-0.3, -0.25) is 4.90 Å². The van der Waals surface area contributed by atoms with Crippen LogP contribution in [0.25, 0.3) is 0 Å². The summed E-state index contributed by atoms with van der Waals surface area (Å²) >= 11 is 0. The van der Waals surface area contributed by atoms with Crippen molar-refractivity contribution >= 4 is 5.84 Å². The van der Waals surface area contributed by atoms with Gasteiger partial charge in [0, 0.05) is 6.04 Å². The van der Waals surface area contributed by atoms with Gasteiger partial charge in [-0.2, -0.15) is 0 Å². The molecule has 21 heavy (non-hydrogen) atoms. The maximum atomic E-state index is 8.78. The predicted octanol–water partition coefficient (Wildman–Crippen LogP) is 3.00. The van der Waals surface area contributed by atoms with E-state index in [1.165, 1.54) is 37.7 Å². The first kappa shape index (κ1) is 15.8. The molecule has 116 valence electrons. The zero-order valence-electron chi connectivity index (χ0n) is 12.7. The quantitative estimate of drug-likeness (QED) is 0.254. The highest BCUT2D eigenvalue weighted by Gasteiger charge is 2.22. The van der Waals surface area contributed by atoms with Crippen LogP contribution in [0.1, 0.15) is 44.1 Å². The van der Waals surface area contributed by atoms with Crippen LogP contribution < -0.4 is 5.73 Å². The summed E-state index contributed by atoms with van der Waals surface area (Å²) in [7, 11) is 0. The standard InChI is InChI=1S/C17H27N3O/c18-17(19-21)14-20(16-11-4-5-12-16)13-7-6-10-15-8-2-1-3-9-15/h1-3,8-9,16,21H,4-7,10-14H2,(H2,18,19). The zero-order chi connectivity index (χ0) is 14.9. The molecule has 1 aliphatic rings. The molecule has 1 aromatic rings. The van der Waals surface area contributed by atoms with E-state index in [0.29, 0.717) is 18.4 Å². The van der Waals surface area contributed by atoms with Crippen molar-refractivity contribution in [2.24, 2.45) is 10.9 Å². The van der Waals surface area contributed by atoms with Crippen LogP contribution in [0.3, 0.4) is 0 Å². The van der Waals surface area contributed by atoms with Crippen LogP contribution in [0.2, 0.25) is 0 Å². The Hall–Kier alpha value is -1.55. The van der Waals surface area contributed by atoms with Gasteiger partial charge in [0.25, 0.3) is 0 Å². The highest BCUT2D eigenvalue weighted by atomic mass is 16.4. The van der Waals surface area contributed by atoms with Crippen LogP contribution in [0, 0.1) is 0 Å². The minimum Gasteiger partial charge on any atom is -0.409 e. The number of hydrogen-bond acceptors (Lipinski definition) is 3. The van der Waals surface area contributed by atoms with Crippen LogP contribution in [0.4, 0.5) is 0 Å². The van der Waals surface area contributed by atoms with Gasteiger partial charge in [0.05, 0.1) is 6.54 Å². The Morgan fingerprint density at radius 1 is 1.19 bits per heavy atom. The van der Waals surface area contributed by atoms with E-state index in [0.717, 1.165) is 19.4 Å². The van der Waals surface area contributed by atoms with Crippen molar-refractivity contribution in [1.29, 1.82) is 0 Å². The Morgan fingerprint density at radius 2 is 1.90 bits per heavy atom. The fraction of sp³-hybridized carbons (Fsp3) is 0.588. The second-order valence-corrected chi connectivity index (χ2v) is 5.94. The molecule has 0 unspecified atom stereocenters. The zero-order valence-corrected chi connectivity index (χ0v) is 12.7. The lowest BCUT2D eigenvalue weighted by Gasteiger charge is -2.28. The summed E-state index contributed by atoms with van der Waals surface area (Å²) in [4.78, 5) is 2.40. The lowest BCUT2D eigenvalue weighted by Crippen LogP contribution is -2.40. The van der Waals surface area contributed by atoms with Gasteiger partial charge in [0.1, 0.15) is 0 Å². The highest BCUT2D eigenvalue weighted by Crippen LogP contribution is 2.23. The Balaban J connectivity index is 1.75. The summed E-state index contributed by atoms with van der Waals surface area (Å²) in [5.41, 5.74) is 7.10. The molecule has 0 saturated heterocycles. The van der Waals surface area contributed by atoms with Gasteiger partial charge in [-0.15, -0.1) is 0 Å². The van der Waals surface area contributed by atoms with Crippen molar-refractivity contribution in [2.45, 2.75) is 51.0 Å². The molecule has 0 heterocycles. The van der Waals surface area contributed by atoms with Crippen LogP contribution >= 0.6 is 0 Å². The van der Waals surface area contributed by atoms with Crippen molar-refractivity contribution in [3.8, 4) is 0 Å². The van der Waals surface area contributed by atoms with Gasteiger partial charge < -0.3 is 10.9 Å². The first-order valence-electron chi connectivity index (χ1n) is 8.04. The Bertz CT molecular complexity index is 427. The second-order valence-electron chi connectivity index (χ2n) is 5.94. The summed E-state index contributed by atoms with van der Waals surface area (Å²) in [6, 6.07) is 11.2. The monoisotopic (exact) mass is 289 g/mol. The molecule has 1 saturated carbocycles. The molecule has 4 heteroatoms. The van der Waals surface area contributed by atoms with E-state index in [9.17, 15) is 0 Å². The predicted molar refractivity (Wildman–Crippen MR) is 86.6 cm³/mol.